The average molecular weight is 1010 g/mol. The van der Waals surface area contributed by atoms with Crippen LogP contribution in [-0.2, 0) is 9.47 Å². The normalized spacial score (nSPS) is 16.7. The quantitative estimate of drug-likeness (QED) is 0.0921. The number of H-pyrrole nitrogens is 2. The number of aromatic amines is 2. The van der Waals surface area contributed by atoms with Gasteiger partial charge in [0.05, 0.1) is 37.8 Å². The highest BCUT2D eigenvalue weighted by molar-refractivity contribution is 8.05. The summed E-state index contributed by atoms with van der Waals surface area (Å²) in [6.45, 7) is 11.2. The molecule has 0 aliphatic carbocycles. The fraction of sp³-hybridized carbons (Fsp3) is 0.320. The SMILES string of the molecule is O=c1cc(N2CCOCC2)cc(-c2cccc3c2Sc2ccc(NCCCl)cc2S3)[nH]1.O=c1cc(N2CCOCC2)cc(-c2cccc3c2Sc2ccc(NCCN4CCSCC4)cc2S3)[nH]1. The second-order valence-electron chi connectivity index (χ2n) is 16.4. The fourth-order valence-electron chi connectivity index (χ4n) is 8.58. The number of nitrogens with one attached hydrogen (secondary N) is 4. The lowest BCUT2D eigenvalue weighted by Gasteiger charge is -2.29. The molecule has 0 radical (unpaired) electrons. The van der Waals surface area contributed by atoms with Gasteiger partial charge in [-0.2, -0.15) is 11.8 Å². The molecule has 0 saturated carbocycles. The number of morpholine rings is 2. The van der Waals surface area contributed by atoms with Crippen molar-refractivity contribution < 1.29 is 9.47 Å². The van der Waals surface area contributed by atoms with Gasteiger partial charge in [-0.3, -0.25) is 14.5 Å². The van der Waals surface area contributed by atoms with Crippen LogP contribution in [0, 0.1) is 0 Å². The molecule has 2 aromatic heterocycles. The van der Waals surface area contributed by atoms with Crippen LogP contribution in [0.5, 0.6) is 0 Å². The van der Waals surface area contributed by atoms with Gasteiger partial charge in [0.1, 0.15) is 0 Å². The molecule has 0 atom stereocenters. The Morgan fingerprint density at radius 3 is 1.52 bits per heavy atom. The van der Waals surface area contributed by atoms with Gasteiger partial charge >= 0.3 is 0 Å². The van der Waals surface area contributed by atoms with E-state index in [1.54, 1.807) is 47.4 Å². The predicted molar refractivity (Wildman–Crippen MR) is 282 cm³/mol. The summed E-state index contributed by atoms with van der Waals surface area (Å²) in [5, 5.41) is 6.96. The molecule has 11 rings (SSSR count). The molecular weight excluding hydrogens is 958 g/mol. The Balaban J connectivity index is 0.000000159. The van der Waals surface area contributed by atoms with E-state index in [2.05, 4.69) is 132 Å². The van der Waals surface area contributed by atoms with Gasteiger partial charge in [-0.05, 0) is 60.7 Å². The van der Waals surface area contributed by atoms with Gasteiger partial charge in [-0.15, -0.1) is 11.6 Å². The fourth-order valence-corrected chi connectivity index (χ4v) is 14.5. The highest BCUT2D eigenvalue weighted by atomic mass is 35.5. The minimum absolute atomic E-state index is 0.0699. The summed E-state index contributed by atoms with van der Waals surface area (Å²) in [6, 6.07) is 33.3. The van der Waals surface area contributed by atoms with Crippen molar-refractivity contribution in [3.05, 3.63) is 118 Å². The number of rotatable bonds is 11. The van der Waals surface area contributed by atoms with Gasteiger partial charge in [0, 0.05) is 161 Å². The predicted octanol–water partition coefficient (Wildman–Crippen LogP) is 10.1. The number of aromatic nitrogens is 2. The molecule has 0 unspecified atom stereocenters. The molecule has 5 aliphatic heterocycles. The molecule has 0 spiro atoms. The van der Waals surface area contributed by atoms with Crippen LogP contribution in [-0.4, -0.2) is 118 Å². The van der Waals surface area contributed by atoms with Crippen molar-refractivity contribution >= 4 is 93.2 Å². The first-order chi connectivity index (χ1) is 32.9. The van der Waals surface area contributed by atoms with Gasteiger partial charge in [-0.25, -0.2) is 0 Å². The molecule has 7 heterocycles. The van der Waals surface area contributed by atoms with Crippen molar-refractivity contribution in [2.45, 2.75) is 39.2 Å². The molecule has 6 aromatic rings. The number of hydrogen-bond acceptors (Lipinski definition) is 14. The first-order valence-corrected chi connectivity index (χ1v) is 27.6. The molecule has 0 amide bonds. The van der Waals surface area contributed by atoms with E-state index in [4.69, 9.17) is 21.1 Å². The van der Waals surface area contributed by atoms with Crippen LogP contribution >= 0.6 is 70.4 Å². The number of benzene rings is 4. The van der Waals surface area contributed by atoms with Gasteiger partial charge < -0.3 is 39.9 Å². The topological polar surface area (TPSA) is 118 Å². The molecule has 0 bridgehead atoms. The molecule has 348 valence electrons. The van der Waals surface area contributed by atoms with Crippen molar-refractivity contribution in [1.82, 2.24) is 14.9 Å². The Bertz CT molecular complexity index is 2830. The molecule has 3 saturated heterocycles. The van der Waals surface area contributed by atoms with Crippen LogP contribution in [0.15, 0.2) is 146 Å². The average Bonchev–Trinajstić information content (AvgIpc) is 3.37. The smallest absolute Gasteiger partial charge is 0.250 e. The van der Waals surface area contributed by atoms with Gasteiger partial charge in [0.15, 0.2) is 0 Å². The van der Waals surface area contributed by atoms with E-state index in [1.165, 1.54) is 69.4 Å². The molecule has 4 aromatic carbocycles. The van der Waals surface area contributed by atoms with E-state index in [9.17, 15) is 9.59 Å². The number of ether oxygens (including phenoxy) is 2. The number of pyridine rings is 2. The number of fused-ring (bicyclic) bond motifs is 4. The molecular formula is C50H52ClN7O4S5. The zero-order chi connectivity index (χ0) is 45.5. The maximum Gasteiger partial charge on any atom is 0.250 e. The van der Waals surface area contributed by atoms with E-state index in [1.807, 2.05) is 11.8 Å². The summed E-state index contributed by atoms with van der Waals surface area (Å²) in [5.74, 6) is 3.08. The highest BCUT2D eigenvalue weighted by Gasteiger charge is 2.24. The summed E-state index contributed by atoms with van der Waals surface area (Å²) in [6.07, 6.45) is 0. The largest absolute Gasteiger partial charge is 0.384 e. The van der Waals surface area contributed by atoms with E-state index < -0.39 is 0 Å². The maximum absolute atomic E-state index is 12.6. The van der Waals surface area contributed by atoms with Crippen molar-refractivity contribution in [3.63, 3.8) is 0 Å². The first kappa shape index (κ1) is 46.6. The van der Waals surface area contributed by atoms with E-state index in [-0.39, 0.29) is 11.1 Å². The van der Waals surface area contributed by atoms with E-state index >= 15 is 0 Å². The molecule has 3 fully saturated rings. The second-order valence-corrected chi connectivity index (χ2v) is 22.3. The summed E-state index contributed by atoms with van der Waals surface area (Å²) in [4.78, 5) is 48.0. The van der Waals surface area contributed by atoms with Crippen molar-refractivity contribution in [2.24, 2.45) is 0 Å². The molecule has 5 aliphatic rings. The Labute approximate surface area is 417 Å². The summed E-state index contributed by atoms with van der Waals surface area (Å²) >= 11 is 15.0. The standard InChI is InChI=1S/C27H30N4O2S3.C23H22ClN3O2S2/c32-26-18-20(31-8-12-33-13-9-31)17-22(29-26)21-2-1-3-24-27(21)36-23-5-4-19(16-25(23)35-24)28-6-7-30-10-14-34-15-11-30;24-6-7-25-15-4-5-19-21(12-15)30-20-3-1-2-17(23(20)31-19)18-13-16(14-22(28)26-18)27-8-10-29-11-9-27/h1-5,16-18,28H,6-15H2,(H,29,32);1-5,12-14,25H,6-11H2,(H,26,28). The van der Waals surface area contributed by atoms with Crippen LogP contribution < -0.4 is 31.6 Å². The third kappa shape index (κ3) is 11.3. The Morgan fingerprint density at radius 2 is 1.03 bits per heavy atom. The summed E-state index contributed by atoms with van der Waals surface area (Å²) in [5.41, 5.74) is 7.85. The van der Waals surface area contributed by atoms with Crippen molar-refractivity contribution in [2.75, 3.05) is 123 Å². The summed E-state index contributed by atoms with van der Waals surface area (Å²) in [7, 11) is 0. The van der Waals surface area contributed by atoms with Gasteiger partial charge in [0.25, 0.3) is 0 Å². The number of alkyl halides is 1. The maximum atomic E-state index is 12.6. The zero-order valence-electron chi connectivity index (χ0n) is 36.9. The minimum atomic E-state index is -0.0829. The Morgan fingerprint density at radius 1 is 0.537 bits per heavy atom. The number of hydrogen-bond donors (Lipinski definition) is 4. The van der Waals surface area contributed by atoms with E-state index in [0.29, 0.717) is 32.3 Å². The van der Waals surface area contributed by atoms with Crippen LogP contribution in [0.25, 0.3) is 22.5 Å². The number of halogens is 1. The van der Waals surface area contributed by atoms with Crippen molar-refractivity contribution in [3.8, 4) is 22.5 Å². The van der Waals surface area contributed by atoms with Crippen LogP contribution in [0.4, 0.5) is 22.7 Å². The third-order valence-electron chi connectivity index (χ3n) is 12.0. The van der Waals surface area contributed by atoms with Crippen LogP contribution in [0.1, 0.15) is 0 Å². The Hall–Kier alpha value is -4.10. The molecule has 17 heteroatoms. The summed E-state index contributed by atoms with van der Waals surface area (Å²) < 4.78 is 10.9. The monoisotopic (exact) mass is 1010 g/mol. The van der Waals surface area contributed by atoms with Crippen molar-refractivity contribution in [1.29, 1.82) is 0 Å². The molecule has 67 heavy (non-hydrogen) atoms. The second kappa shape index (κ2) is 22.1. The first-order valence-electron chi connectivity index (χ1n) is 22.7. The highest BCUT2D eigenvalue weighted by Crippen LogP contribution is 2.53. The number of anilines is 4. The van der Waals surface area contributed by atoms with Crippen LogP contribution in [0.2, 0.25) is 0 Å². The lowest BCUT2D eigenvalue weighted by Crippen LogP contribution is -2.36. The minimum Gasteiger partial charge on any atom is -0.384 e. The van der Waals surface area contributed by atoms with E-state index in [0.717, 1.165) is 85.4 Å². The number of thioether (sulfide) groups is 1. The van der Waals surface area contributed by atoms with Gasteiger partial charge in [0.2, 0.25) is 11.1 Å². The number of nitrogens with zero attached hydrogens (tertiary/aromatic N) is 3. The zero-order valence-corrected chi connectivity index (χ0v) is 41.8. The van der Waals surface area contributed by atoms with Gasteiger partial charge in [-0.1, -0.05) is 71.3 Å². The lowest BCUT2D eigenvalue weighted by molar-refractivity contribution is 0.122. The molecule has 4 N–H and O–H groups in total. The lowest BCUT2D eigenvalue weighted by atomic mass is 10.1. The molecule has 11 nitrogen and oxygen atoms in total. The Kier molecular flexibility index (Phi) is 15.4. The van der Waals surface area contributed by atoms with Crippen LogP contribution in [0.3, 0.4) is 0 Å². The third-order valence-corrected chi connectivity index (χ3v) is 18.3.